The lowest BCUT2D eigenvalue weighted by atomic mass is 10.1. The van der Waals surface area contributed by atoms with Gasteiger partial charge < -0.3 is 0 Å². The molecule has 12 heavy (non-hydrogen) atoms. The van der Waals surface area contributed by atoms with E-state index in [2.05, 4.69) is 15.9 Å². The molecule has 0 N–H and O–H groups in total. The van der Waals surface area contributed by atoms with Gasteiger partial charge in [0, 0.05) is 0 Å². The average Bonchev–Trinajstić information content (AvgIpc) is 2.04. The van der Waals surface area contributed by atoms with Gasteiger partial charge in [-0.1, -0.05) is 40.2 Å². The molecular weight excluding hydrogens is 239 g/mol. The average molecular weight is 248 g/mol. The van der Waals surface area contributed by atoms with Crippen LogP contribution < -0.4 is 0 Å². The van der Waals surface area contributed by atoms with E-state index in [1.807, 2.05) is 31.2 Å². The third kappa shape index (κ3) is 2.08. The second-order valence-corrected chi connectivity index (χ2v) is 3.81. The van der Waals surface area contributed by atoms with E-state index in [0.717, 1.165) is 11.1 Å². The Morgan fingerprint density at radius 3 is 2.58 bits per heavy atom. The minimum absolute atomic E-state index is 0.385. The van der Waals surface area contributed by atoms with Crippen molar-refractivity contribution in [1.29, 1.82) is 0 Å². The van der Waals surface area contributed by atoms with Gasteiger partial charge in [0.2, 0.25) is 5.24 Å². The number of alkyl halides is 1. The SMILES string of the molecule is Cc1ccccc1C(Br)C(=O)Cl. The van der Waals surface area contributed by atoms with Crippen molar-refractivity contribution in [1.82, 2.24) is 0 Å². The van der Waals surface area contributed by atoms with Gasteiger partial charge in [-0.3, -0.25) is 4.79 Å². The summed E-state index contributed by atoms with van der Waals surface area (Å²) in [7, 11) is 0. The Hall–Kier alpha value is -0.340. The van der Waals surface area contributed by atoms with Crippen LogP contribution in [0.1, 0.15) is 16.0 Å². The van der Waals surface area contributed by atoms with Crippen LogP contribution in [0, 0.1) is 6.92 Å². The van der Waals surface area contributed by atoms with Crippen molar-refractivity contribution in [2.24, 2.45) is 0 Å². The monoisotopic (exact) mass is 246 g/mol. The maximum atomic E-state index is 10.8. The second-order valence-electron chi connectivity index (χ2n) is 2.52. The van der Waals surface area contributed by atoms with Crippen LogP contribution in [0.2, 0.25) is 0 Å². The van der Waals surface area contributed by atoms with Crippen molar-refractivity contribution in [3.8, 4) is 0 Å². The fourth-order valence-electron chi connectivity index (χ4n) is 0.993. The summed E-state index contributed by atoms with van der Waals surface area (Å²) in [6, 6.07) is 7.64. The lowest BCUT2D eigenvalue weighted by molar-refractivity contribution is -0.111. The molecule has 0 aliphatic heterocycles. The van der Waals surface area contributed by atoms with Crippen LogP contribution in [0.25, 0.3) is 0 Å². The molecule has 0 saturated carbocycles. The van der Waals surface area contributed by atoms with Crippen molar-refractivity contribution in [3.63, 3.8) is 0 Å². The quantitative estimate of drug-likeness (QED) is 0.579. The van der Waals surface area contributed by atoms with Gasteiger partial charge in [-0.05, 0) is 29.7 Å². The van der Waals surface area contributed by atoms with Crippen LogP contribution in [-0.2, 0) is 4.79 Å². The molecule has 1 rings (SSSR count). The van der Waals surface area contributed by atoms with Gasteiger partial charge in [0.15, 0.2) is 0 Å². The molecule has 0 aliphatic rings. The van der Waals surface area contributed by atoms with Gasteiger partial charge in [-0.25, -0.2) is 0 Å². The van der Waals surface area contributed by atoms with E-state index in [0.29, 0.717) is 0 Å². The van der Waals surface area contributed by atoms with E-state index in [-0.39, 0.29) is 10.1 Å². The van der Waals surface area contributed by atoms with E-state index in [4.69, 9.17) is 11.6 Å². The lowest BCUT2D eigenvalue weighted by Crippen LogP contribution is -2.00. The van der Waals surface area contributed by atoms with Gasteiger partial charge >= 0.3 is 0 Å². The van der Waals surface area contributed by atoms with Crippen molar-refractivity contribution in [3.05, 3.63) is 35.4 Å². The molecule has 0 heterocycles. The van der Waals surface area contributed by atoms with Gasteiger partial charge in [-0.15, -0.1) is 0 Å². The first-order valence-electron chi connectivity index (χ1n) is 3.52. The third-order valence-corrected chi connectivity index (χ3v) is 3.05. The van der Waals surface area contributed by atoms with Gasteiger partial charge in [0.05, 0.1) is 0 Å². The second kappa shape index (κ2) is 4.06. The number of carbonyl (C=O) groups excluding carboxylic acids is 1. The molecule has 1 nitrogen and oxygen atoms in total. The molecule has 1 unspecified atom stereocenters. The fraction of sp³-hybridized carbons (Fsp3) is 0.222. The van der Waals surface area contributed by atoms with E-state index < -0.39 is 0 Å². The first-order chi connectivity index (χ1) is 5.63. The number of halogens is 2. The summed E-state index contributed by atoms with van der Waals surface area (Å²) in [5.74, 6) is 0. The summed E-state index contributed by atoms with van der Waals surface area (Å²) in [5, 5.41) is -0.385. The zero-order valence-electron chi connectivity index (χ0n) is 6.55. The van der Waals surface area contributed by atoms with Gasteiger partial charge in [0.1, 0.15) is 4.83 Å². The Balaban J connectivity index is 3.02. The van der Waals surface area contributed by atoms with Crippen LogP contribution in [0.15, 0.2) is 24.3 Å². The molecule has 1 atom stereocenters. The van der Waals surface area contributed by atoms with Crippen LogP contribution in [0.4, 0.5) is 0 Å². The van der Waals surface area contributed by atoms with Crippen LogP contribution in [-0.4, -0.2) is 5.24 Å². The number of rotatable bonds is 2. The molecule has 0 fully saturated rings. The van der Waals surface area contributed by atoms with Crippen molar-refractivity contribution < 1.29 is 4.79 Å². The maximum absolute atomic E-state index is 10.8. The molecular formula is C9H8BrClO. The largest absolute Gasteiger partial charge is 0.280 e. The number of benzene rings is 1. The van der Waals surface area contributed by atoms with E-state index in [1.165, 1.54) is 0 Å². The van der Waals surface area contributed by atoms with Crippen molar-refractivity contribution in [2.75, 3.05) is 0 Å². The van der Waals surface area contributed by atoms with Crippen LogP contribution in [0.5, 0.6) is 0 Å². The highest BCUT2D eigenvalue weighted by atomic mass is 79.9. The van der Waals surface area contributed by atoms with Crippen LogP contribution in [0.3, 0.4) is 0 Å². The fourth-order valence-corrected chi connectivity index (χ4v) is 1.62. The summed E-state index contributed by atoms with van der Waals surface area (Å²) in [5.41, 5.74) is 1.99. The molecule has 1 aromatic rings. The standard InChI is InChI=1S/C9H8BrClO/c1-6-4-2-3-5-7(6)8(10)9(11)12/h2-5,8H,1H3. The van der Waals surface area contributed by atoms with E-state index in [9.17, 15) is 4.79 Å². The summed E-state index contributed by atoms with van der Waals surface area (Å²) >= 11 is 8.57. The van der Waals surface area contributed by atoms with E-state index in [1.54, 1.807) is 0 Å². The summed E-state index contributed by atoms with van der Waals surface area (Å²) in [6.45, 7) is 1.95. The van der Waals surface area contributed by atoms with E-state index >= 15 is 0 Å². The number of aryl methyl sites for hydroxylation is 1. The predicted molar refractivity (Wildman–Crippen MR) is 53.7 cm³/mol. The third-order valence-electron chi connectivity index (χ3n) is 1.66. The summed E-state index contributed by atoms with van der Waals surface area (Å²) < 4.78 is 0. The molecule has 0 saturated heterocycles. The molecule has 64 valence electrons. The maximum Gasteiger partial charge on any atom is 0.239 e. The van der Waals surface area contributed by atoms with Crippen LogP contribution >= 0.6 is 27.5 Å². The Morgan fingerprint density at radius 1 is 1.50 bits per heavy atom. The highest BCUT2D eigenvalue weighted by Crippen LogP contribution is 2.27. The highest BCUT2D eigenvalue weighted by Gasteiger charge is 2.15. The number of hydrogen-bond acceptors (Lipinski definition) is 1. The summed E-state index contributed by atoms with van der Waals surface area (Å²) in [6.07, 6.45) is 0. The van der Waals surface area contributed by atoms with Crippen molar-refractivity contribution in [2.45, 2.75) is 11.8 Å². The normalized spacial score (nSPS) is 12.6. The Labute approximate surface area is 84.9 Å². The van der Waals surface area contributed by atoms with Gasteiger partial charge in [-0.2, -0.15) is 0 Å². The molecule has 0 spiro atoms. The molecule has 0 aromatic heterocycles. The van der Waals surface area contributed by atoms with Gasteiger partial charge in [0.25, 0.3) is 0 Å². The minimum atomic E-state index is -0.389. The molecule has 0 bridgehead atoms. The first-order valence-corrected chi connectivity index (χ1v) is 4.81. The molecule has 0 aliphatic carbocycles. The zero-order chi connectivity index (χ0) is 9.14. The molecule has 0 amide bonds. The smallest absolute Gasteiger partial charge is 0.239 e. The number of carbonyl (C=O) groups is 1. The lowest BCUT2D eigenvalue weighted by Gasteiger charge is -2.07. The number of hydrogen-bond donors (Lipinski definition) is 0. The molecule has 3 heteroatoms. The molecule has 1 aromatic carbocycles. The molecule has 0 radical (unpaired) electrons. The predicted octanol–water partition coefficient (Wildman–Crippen LogP) is 3.20. The van der Waals surface area contributed by atoms with Crippen molar-refractivity contribution >= 4 is 32.8 Å². The Kier molecular flexibility index (Phi) is 3.29. The highest BCUT2D eigenvalue weighted by molar-refractivity contribution is 9.09. The minimum Gasteiger partial charge on any atom is -0.280 e. The zero-order valence-corrected chi connectivity index (χ0v) is 8.89. The Morgan fingerprint density at radius 2 is 2.08 bits per heavy atom. The topological polar surface area (TPSA) is 17.1 Å². The summed E-state index contributed by atoms with van der Waals surface area (Å²) in [4.78, 5) is 10.4. The first kappa shape index (κ1) is 9.75. The Bertz CT molecular complexity index is 298.